The van der Waals surface area contributed by atoms with Gasteiger partial charge in [0.15, 0.2) is 5.69 Å². The summed E-state index contributed by atoms with van der Waals surface area (Å²) < 4.78 is 8.76. The molecular weight excluding hydrogens is 894 g/mol. The van der Waals surface area contributed by atoms with Gasteiger partial charge in [-0.05, 0) is 69.3 Å². The molecule has 0 fully saturated rings. The van der Waals surface area contributed by atoms with Crippen LogP contribution in [0.25, 0.3) is 43.6 Å². The molecule has 2 aromatic heterocycles. The van der Waals surface area contributed by atoms with E-state index in [-0.39, 0.29) is 31.9 Å². The van der Waals surface area contributed by atoms with E-state index in [1.165, 1.54) is 11.1 Å². The zero-order chi connectivity index (χ0) is 39.5. The second-order valence-corrected chi connectivity index (χ2v) is 16.6. The molecule has 3 heterocycles. The number of aromatic nitrogens is 2. The Hall–Kier alpha value is -6.15. The van der Waals surface area contributed by atoms with E-state index in [4.69, 9.17) is 16.3 Å². The molecule has 0 radical (unpaired) electrons. The van der Waals surface area contributed by atoms with Gasteiger partial charge < -0.3 is 19.1 Å². The van der Waals surface area contributed by atoms with E-state index in [0.29, 0.717) is 17.2 Å². The number of rotatable bonds is 6. The monoisotopic (exact) mass is 935 g/mol. The minimum atomic E-state index is -0.0546. The number of anilines is 4. The molecule has 58 heavy (non-hydrogen) atoms. The number of hydrogen-bond acceptors (Lipinski definition) is 4. The van der Waals surface area contributed by atoms with Gasteiger partial charge in [-0.3, -0.25) is 0 Å². The molecule has 0 amide bonds. The summed E-state index contributed by atoms with van der Waals surface area (Å²) in [6.45, 7) is 23.0. The van der Waals surface area contributed by atoms with Crippen molar-refractivity contribution in [3.8, 4) is 28.4 Å². The molecule has 0 bridgehead atoms. The fourth-order valence-corrected chi connectivity index (χ4v) is 7.59. The molecule has 1 aliphatic heterocycles. The summed E-state index contributed by atoms with van der Waals surface area (Å²) in [5.74, 6) is 2.02. The van der Waals surface area contributed by atoms with Gasteiger partial charge in [0.25, 0.3) is 0 Å². The topological polar surface area (TPSA) is 37.9 Å². The number of ether oxygens (including phenoxy) is 1. The van der Waals surface area contributed by atoms with Crippen LogP contribution in [0.2, 0.25) is 0 Å². The molecule has 0 spiro atoms. The van der Waals surface area contributed by atoms with Crippen LogP contribution in [0.15, 0.2) is 140 Å². The summed E-state index contributed by atoms with van der Waals surface area (Å²) in [5.41, 5.74) is 11.1. The Morgan fingerprint density at radius 2 is 1.33 bits per heavy atom. The molecule has 0 saturated carbocycles. The van der Waals surface area contributed by atoms with E-state index < -0.39 is 0 Å². The Kier molecular flexibility index (Phi) is 10.00. The number of fused-ring (bicyclic) bond motifs is 4. The summed E-state index contributed by atoms with van der Waals surface area (Å²) in [4.78, 5) is 12.9. The van der Waals surface area contributed by atoms with E-state index in [0.717, 1.165) is 61.5 Å². The molecule has 9 rings (SSSR count). The van der Waals surface area contributed by atoms with Crippen LogP contribution in [0.5, 0.6) is 11.5 Å². The number of hydrogen-bond donors (Lipinski definition) is 0. The summed E-state index contributed by atoms with van der Waals surface area (Å²) in [5, 5.41) is 2.22. The van der Waals surface area contributed by atoms with Gasteiger partial charge in [-0.1, -0.05) is 114 Å². The van der Waals surface area contributed by atoms with Crippen LogP contribution in [0.1, 0.15) is 52.7 Å². The van der Waals surface area contributed by atoms with E-state index in [1.807, 2.05) is 48.7 Å². The molecule has 290 valence electrons. The normalized spacial score (nSPS) is 12.7. The van der Waals surface area contributed by atoms with Crippen molar-refractivity contribution in [1.82, 2.24) is 9.55 Å². The van der Waals surface area contributed by atoms with Gasteiger partial charge in [0, 0.05) is 66.9 Å². The van der Waals surface area contributed by atoms with Crippen molar-refractivity contribution < 1.29 is 25.8 Å². The quantitative estimate of drug-likeness (QED) is 0.156. The molecule has 0 atom stereocenters. The van der Waals surface area contributed by atoms with Crippen molar-refractivity contribution in [2.75, 3.05) is 9.80 Å². The third-order valence-electron chi connectivity index (χ3n) is 10.7. The molecule has 0 saturated heterocycles. The molecular formula is C51H42N5OPt-3. The Bertz CT molecular complexity index is 2860. The van der Waals surface area contributed by atoms with Crippen LogP contribution < -0.4 is 14.5 Å². The minimum absolute atomic E-state index is 0. The predicted octanol–water partition coefficient (Wildman–Crippen LogP) is 13.8. The zero-order valence-corrected chi connectivity index (χ0v) is 35.6. The molecule has 6 aromatic carbocycles. The standard InChI is InChI=1S/C51H42N5O.Pt/c1-50(2,3)35-21-25-41(34-19-22-37(52-7)23-20-34)47(29-35)55-33-54(45-17-10-11-18-46(45)55)38-13-12-14-39(31-38)57-40-24-26-43-42-15-8-9-16-44(42)56(48(43)32-40)49-30-36(27-28-53-49)51(4,5)6;/h8-30,33H,1-6H3;/q-3;. The van der Waals surface area contributed by atoms with Crippen LogP contribution in [0, 0.1) is 25.4 Å². The maximum atomic E-state index is 7.46. The average Bonchev–Trinajstić information content (AvgIpc) is 3.76. The first-order valence-corrected chi connectivity index (χ1v) is 19.2. The van der Waals surface area contributed by atoms with Gasteiger partial charge >= 0.3 is 0 Å². The van der Waals surface area contributed by atoms with Crippen molar-refractivity contribution in [2.24, 2.45) is 0 Å². The fourth-order valence-electron chi connectivity index (χ4n) is 7.59. The van der Waals surface area contributed by atoms with Crippen LogP contribution in [-0.2, 0) is 31.9 Å². The summed E-state index contributed by atoms with van der Waals surface area (Å²) >= 11 is 0. The predicted molar refractivity (Wildman–Crippen MR) is 233 cm³/mol. The molecule has 1 aliphatic rings. The van der Waals surface area contributed by atoms with Gasteiger partial charge in [0.05, 0.1) is 6.57 Å². The Morgan fingerprint density at radius 1 is 0.638 bits per heavy atom. The first-order valence-electron chi connectivity index (χ1n) is 19.2. The van der Waals surface area contributed by atoms with E-state index in [1.54, 1.807) is 0 Å². The average molecular weight is 936 g/mol. The SMILES string of the molecule is [C-]#[N+]c1ccc(-c2ccc(C(C)(C)C)cc2N2[CH-]N(c3[c-]c(Oc4[c-]c5c(cc4)c4ccccc4n5-c4cc(C(C)(C)C)ccn4)ccc3)c3ccccc32)cc1.[Pt]. The fraction of sp³-hybridized carbons (Fsp3) is 0.157. The molecule has 7 heteroatoms. The van der Waals surface area contributed by atoms with Crippen LogP contribution in [-0.4, -0.2) is 9.55 Å². The maximum Gasteiger partial charge on any atom is 0.187 e. The minimum Gasteiger partial charge on any atom is -0.509 e. The number of nitrogens with zero attached hydrogens (tertiary/aromatic N) is 5. The van der Waals surface area contributed by atoms with Crippen LogP contribution in [0.3, 0.4) is 0 Å². The van der Waals surface area contributed by atoms with Crippen molar-refractivity contribution in [2.45, 2.75) is 52.4 Å². The molecule has 0 unspecified atom stereocenters. The van der Waals surface area contributed by atoms with E-state index >= 15 is 0 Å². The molecule has 8 aromatic rings. The van der Waals surface area contributed by atoms with Gasteiger partial charge in [-0.15, -0.1) is 48.1 Å². The summed E-state index contributed by atoms with van der Waals surface area (Å²) in [6.07, 6.45) is 1.89. The van der Waals surface area contributed by atoms with Gasteiger partial charge in [0.2, 0.25) is 0 Å². The largest absolute Gasteiger partial charge is 0.509 e. The molecule has 6 nitrogen and oxygen atoms in total. The first-order chi connectivity index (χ1) is 27.5. The summed E-state index contributed by atoms with van der Waals surface area (Å²) in [6, 6.07) is 52.9. The van der Waals surface area contributed by atoms with E-state index in [2.05, 4.69) is 171 Å². The zero-order valence-electron chi connectivity index (χ0n) is 33.3. The third kappa shape index (κ3) is 7.05. The molecule has 0 aliphatic carbocycles. The number of benzene rings is 6. The number of pyridine rings is 1. The number of para-hydroxylation sites is 3. The van der Waals surface area contributed by atoms with Gasteiger partial charge in [-0.25, -0.2) is 9.83 Å². The van der Waals surface area contributed by atoms with Crippen molar-refractivity contribution in [1.29, 1.82) is 0 Å². The van der Waals surface area contributed by atoms with Crippen molar-refractivity contribution >= 4 is 50.2 Å². The Balaban J connectivity index is 0.00000469. The van der Waals surface area contributed by atoms with E-state index in [9.17, 15) is 0 Å². The smallest absolute Gasteiger partial charge is 0.187 e. The van der Waals surface area contributed by atoms with Crippen molar-refractivity contribution in [3.05, 3.63) is 181 Å². The van der Waals surface area contributed by atoms with Crippen LogP contribution >= 0.6 is 0 Å². The first kappa shape index (κ1) is 38.7. The third-order valence-corrected chi connectivity index (χ3v) is 10.7. The Morgan fingerprint density at radius 3 is 2.07 bits per heavy atom. The second-order valence-electron chi connectivity index (χ2n) is 16.6. The van der Waals surface area contributed by atoms with Crippen molar-refractivity contribution in [3.63, 3.8) is 0 Å². The molecule has 0 N–H and O–H groups in total. The Labute approximate surface area is 355 Å². The maximum absolute atomic E-state index is 7.46. The summed E-state index contributed by atoms with van der Waals surface area (Å²) in [7, 11) is 0. The second kappa shape index (κ2) is 15.0. The van der Waals surface area contributed by atoms with Gasteiger partial charge in [0.1, 0.15) is 5.82 Å². The van der Waals surface area contributed by atoms with Crippen LogP contribution in [0.4, 0.5) is 28.4 Å². The van der Waals surface area contributed by atoms with Gasteiger partial charge in [-0.2, -0.15) is 12.1 Å².